The van der Waals surface area contributed by atoms with Crippen molar-refractivity contribution in [2.75, 3.05) is 19.6 Å². The van der Waals surface area contributed by atoms with Crippen LogP contribution in [0.15, 0.2) is 53.1 Å². The Kier molecular flexibility index (Phi) is 6.81. The van der Waals surface area contributed by atoms with Crippen LogP contribution >= 0.6 is 0 Å². The Hall–Kier alpha value is -3.61. The van der Waals surface area contributed by atoms with Gasteiger partial charge in [0.15, 0.2) is 12.3 Å². The van der Waals surface area contributed by atoms with Gasteiger partial charge < -0.3 is 19.0 Å². The maximum atomic E-state index is 13.2. The summed E-state index contributed by atoms with van der Waals surface area (Å²) in [7, 11) is 0. The van der Waals surface area contributed by atoms with Gasteiger partial charge >= 0.3 is 0 Å². The monoisotopic (exact) mass is 487 g/mol. The van der Waals surface area contributed by atoms with E-state index in [1.807, 2.05) is 30.9 Å². The summed E-state index contributed by atoms with van der Waals surface area (Å²) in [4.78, 5) is 33.8. The number of aromatic nitrogens is 1. The van der Waals surface area contributed by atoms with Crippen molar-refractivity contribution in [1.29, 1.82) is 0 Å². The minimum absolute atomic E-state index is 0.115. The predicted octanol–water partition coefficient (Wildman–Crippen LogP) is 4.93. The topological polar surface area (TPSA) is 75.9 Å². The molecule has 2 aromatic carbocycles. The quantitative estimate of drug-likeness (QED) is 0.450. The smallest absolute Gasteiger partial charge is 0.275 e. The van der Waals surface area contributed by atoms with E-state index in [9.17, 15) is 9.59 Å². The summed E-state index contributed by atoms with van der Waals surface area (Å²) in [6.07, 6.45) is 4.19. The molecule has 36 heavy (non-hydrogen) atoms. The van der Waals surface area contributed by atoms with Crippen molar-refractivity contribution in [3.63, 3.8) is 0 Å². The summed E-state index contributed by atoms with van der Waals surface area (Å²) in [6, 6.07) is 14.4. The molecule has 2 heterocycles. The van der Waals surface area contributed by atoms with Crippen LogP contribution in [0, 0.1) is 12.8 Å². The van der Waals surface area contributed by atoms with E-state index in [4.69, 9.17) is 9.15 Å². The molecule has 0 bridgehead atoms. The molecule has 1 saturated carbocycles. The Bertz CT molecular complexity index is 1240. The van der Waals surface area contributed by atoms with Crippen molar-refractivity contribution in [3.8, 4) is 5.75 Å². The average molecular weight is 488 g/mol. The van der Waals surface area contributed by atoms with E-state index >= 15 is 0 Å². The SMILES string of the molecule is CCN(CC)C(=O)c1coc(COc2ccc3c(c2)[C@@H](c2ccc(C)cc2)N(C(=O)C2CC2)CC3)n1. The van der Waals surface area contributed by atoms with E-state index in [1.165, 1.54) is 17.4 Å². The van der Waals surface area contributed by atoms with E-state index in [1.54, 1.807) is 4.90 Å². The summed E-state index contributed by atoms with van der Waals surface area (Å²) >= 11 is 0. The van der Waals surface area contributed by atoms with Crippen molar-refractivity contribution < 1.29 is 18.7 Å². The van der Waals surface area contributed by atoms with Gasteiger partial charge in [-0.25, -0.2) is 4.98 Å². The summed E-state index contributed by atoms with van der Waals surface area (Å²) in [5.74, 6) is 1.30. The van der Waals surface area contributed by atoms with E-state index < -0.39 is 0 Å². The lowest BCUT2D eigenvalue weighted by Gasteiger charge is -2.38. The average Bonchev–Trinajstić information content (AvgIpc) is 3.64. The Balaban J connectivity index is 1.38. The zero-order valence-electron chi connectivity index (χ0n) is 21.2. The van der Waals surface area contributed by atoms with Gasteiger partial charge in [-0.3, -0.25) is 9.59 Å². The third-order valence-electron chi connectivity index (χ3n) is 7.13. The van der Waals surface area contributed by atoms with Crippen LogP contribution < -0.4 is 4.74 Å². The van der Waals surface area contributed by atoms with E-state index in [2.05, 4.69) is 42.2 Å². The van der Waals surface area contributed by atoms with Gasteiger partial charge in [0.1, 0.15) is 12.0 Å². The first-order valence-electron chi connectivity index (χ1n) is 12.8. The number of ether oxygens (including phenoxy) is 1. The first-order valence-corrected chi connectivity index (χ1v) is 12.8. The first kappa shape index (κ1) is 24.1. The Morgan fingerprint density at radius 3 is 2.56 bits per heavy atom. The van der Waals surface area contributed by atoms with E-state index in [0.29, 0.717) is 24.7 Å². The van der Waals surface area contributed by atoms with Crippen molar-refractivity contribution in [1.82, 2.24) is 14.8 Å². The minimum Gasteiger partial charge on any atom is -0.484 e. The maximum absolute atomic E-state index is 13.2. The molecule has 7 heteroatoms. The number of carbonyl (C=O) groups is 2. The van der Waals surface area contributed by atoms with Gasteiger partial charge in [-0.15, -0.1) is 0 Å². The molecule has 0 N–H and O–H groups in total. The summed E-state index contributed by atoms with van der Waals surface area (Å²) in [6.45, 7) is 8.01. The largest absolute Gasteiger partial charge is 0.484 e. The number of amides is 2. The van der Waals surface area contributed by atoms with Crippen LogP contribution in [-0.2, 0) is 17.8 Å². The molecule has 1 fully saturated rings. The van der Waals surface area contributed by atoms with Crippen LogP contribution in [-0.4, -0.2) is 46.2 Å². The van der Waals surface area contributed by atoms with Crippen LogP contribution in [0.4, 0.5) is 0 Å². The van der Waals surface area contributed by atoms with Gasteiger partial charge in [0.05, 0.1) is 6.04 Å². The lowest BCUT2D eigenvalue weighted by Crippen LogP contribution is -2.41. The lowest BCUT2D eigenvalue weighted by molar-refractivity contribution is -0.134. The van der Waals surface area contributed by atoms with Gasteiger partial charge in [-0.1, -0.05) is 35.9 Å². The zero-order valence-corrected chi connectivity index (χ0v) is 21.2. The zero-order chi connectivity index (χ0) is 25.2. The van der Waals surface area contributed by atoms with Gasteiger partial charge in [0, 0.05) is 25.6 Å². The van der Waals surface area contributed by atoms with E-state index in [0.717, 1.165) is 36.9 Å². The number of hydrogen-bond acceptors (Lipinski definition) is 5. The highest BCUT2D eigenvalue weighted by Gasteiger charge is 2.39. The number of hydrogen-bond donors (Lipinski definition) is 0. The number of oxazole rings is 1. The molecule has 0 unspecified atom stereocenters. The minimum atomic E-state index is -0.148. The molecule has 1 aliphatic heterocycles. The van der Waals surface area contributed by atoms with Gasteiger partial charge in [-0.05, 0) is 68.9 Å². The highest BCUT2D eigenvalue weighted by atomic mass is 16.5. The number of benzene rings is 2. The highest BCUT2D eigenvalue weighted by molar-refractivity contribution is 5.91. The fourth-order valence-corrected chi connectivity index (χ4v) is 4.89. The Morgan fingerprint density at radius 1 is 1.11 bits per heavy atom. The van der Waals surface area contributed by atoms with Crippen LogP contribution in [0.1, 0.15) is 71.4 Å². The van der Waals surface area contributed by atoms with Gasteiger partial charge in [-0.2, -0.15) is 0 Å². The van der Waals surface area contributed by atoms with Crippen LogP contribution in [0.2, 0.25) is 0 Å². The molecular formula is C29H33N3O4. The molecule has 2 aliphatic rings. The molecule has 2 amide bonds. The fraction of sp³-hybridized carbons (Fsp3) is 0.414. The molecule has 1 aromatic heterocycles. The Morgan fingerprint density at radius 2 is 1.86 bits per heavy atom. The van der Waals surface area contributed by atoms with Gasteiger partial charge in [0.25, 0.3) is 5.91 Å². The van der Waals surface area contributed by atoms with Crippen molar-refractivity contribution in [3.05, 3.63) is 82.6 Å². The summed E-state index contributed by atoms with van der Waals surface area (Å²) in [5.41, 5.74) is 4.92. The first-order chi connectivity index (χ1) is 17.5. The Labute approximate surface area is 212 Å². The molecule has 3 aromatic rings. The third kappa shape index (κ3) is 4.87. The van der Waals surface area contributed by atoms with Crippen LogP contribution in [0.5, 0.6) is 5.75 Å². The number of nitrogens with zero attached hydrogens (tertiary/aromatic N) is 3. The number of rotatable bonds is 8. The second kappa shape index (κ2) is 10.2. The summed E-state index contributed by atoms with van der Waals surface area (Å²) < 4.78 is 11.5. The fourth-order valence-electron chi connectivity index (χ4n) is 4.89. The summed E-state index contributed by atoms with van der Waals surface area (Å²) in [5, 5.41) is 0. The van der Waals surface area contributed by atoms with Gasteiger partial charge in [0.2, 0.25) is 11.8 Å². The second-order valence-electron chi connectivity index (χ2n) is 9.62. The second-order valence-corrected chi connectivity index (χ2v) is 9.62. The molecule has 7 nitrogen and oxygen atoms in total. The molecule has 0 radical (unpaired) electrons. The lowest BCUT2D eigenvalue weighted by atomic mass is 9.87. The third-order valence-corrected chi connectivity index (χ3v) is 7.13. The normalized spacial score (nSPS) is 17.0. The van der Waals surface area contributed by atoms with Crippen LogP contribution in [0.25, 0.3) is 0 Å². The highest BCUT2D eigenvalue weighted by Crippen LogP contribution is 2.41. The number of carbonyl (C=O) groups excluding carboxylic acids is 2. The van der Waals surface area contributed by atoms with Crippen molar-refractivity contribution in [2.45, 2.75) is 52.7 Å². The van der Waals surface area contributed by atoms with Crippen molar-refractivity contribution in [2.24, 2.45) is 5.92 Å². The standard InChI is InChI=1S/C29H33N3O4/c1-4-31(5-2)29(34)25-17-36-26(30-25)18-35-23-13-12-20-14-15-32(28(33)22-10-11-22)27(24(20)16-23)21-8-6-19(3)7-9-21/h6-9,12-13,16-17,22,27H,4-5,10-11,14-15,18H2,1-3H3/t27-/m1/s1. The van der Waals surface area contributed by atoms with Crippen molar-refractivity contribution >= 4 is 11.8 Å². The molecule has 1 atom stereocenters. The molecule has 0 spiro atoms. The molecule has 188 valence electrons. The van der Waals surface area contributed by atoms with E-state index in [-0.39, 0.29) is 36.1 Å². The molecule has 5 rings (SSSR count). The molecule has 0 saturated heterocycles. The number of fused-ring (bicyclic) bond motifs is 1. The number of aryl methyl sites for hydroxylation is 1. The molecular weight excluding hydrogens is 454 g/mol. The van der Waals surface area contributed by atoms with Crippen LogP contribution in [0.3, 0.4) is 0 Å². The predicted molar refractivity (Wildman–Crippen MR) is 136 cm³/mol. The maximum Gasteiger partial charge on any atom is 0.275 e. The molecule has 1 aliphatic carbocycles.